The van der Waals surface area contributed by atoms with Gasteiger partial charge in [0.1, 0.15) is 6.10 Å². The zero-order chi connectivity index (χ0) is 20.3. The minimum absolute atomic E-state index is 0. The van der Waals surface area contributed by atoms with Gasteiger partial charge in [0.25, 0.3) is 0 Å². The van der Waals surface area contributed by atoms with Gasteiger partial charge in [-0.25, -0.2) is 0 Å². The maximum atomic E-state index is 11.7. The second-order valence-corrected chi connectivity index (χ2v) is 8.91. The van der Waals surface area contributed by atoms with E-state index in [1.807, 2.05) is 0 Å². The van der Waals surface area contributed by atoms with E-state index in [1.54, 1.807) is 0 Å². The second-order valence-electron chi connectivity index (χ2n) is 7.36. The Morgan fingerprint density at radius 1 is 0.857 bits per heavy atom. The summed E-state index contributed by atoms with van der Waals surface area (Å²) < 4.78 is 16.0. The van der Waals surface area contributed by atoms with Crippen LogP contribution in [0.2, 0.25) is 0 Å². The monoisotopic (exact) mass is 426 g/mol. The fraction of sp³-hybridized carbons (Fsp3) is 0.905. The van der Waals surface area contributed by atoms with Crippen LogP contribution in [-0.4, -0.2) is 34.3 Å². The Balaban J connectivity index is 0. The van der Waals surface area contributed by atoms with Crippen molar-refractivity contribution >= 4 is 22.7 Å². The van der Waals surface area contributed by atoms with Crippen molar-refractivity contribution in [2.24, 2.45) is 0 Å². The molecule has 0 aliphatic heterocycles. The first kappa shape index (κ1) is 30.3. The van der Waals surface area contributed by atoms with Crippen LogP contribution in [0.15, 0.2) is 0 Å². The number of hydrogen-bond acceptors (Lipinski definition) is 5. The number of carboxylic acids is 1. The molecule has 5 nitrogen and oxygen atoms in total. The van der Waals surface area contributed by atoms with Crippen LogP contribution in [0, 0.1) is 0 Å². The molecule has 0 bridgehead atoms. The molecule has 0 aromatic rings. The van der Waals surface area contributed by atoms with Crippen molar-refractivity contribution in [3.63, 3.8) is 0 Å². The van der Waals surface area contributed by atoms with Crippen LogP contribution in [0.3, 0.4) is 0 Å². The molecular formula is C21H39NaO5S. The third-order valence-corrected chi connectivity index (χ3v) is 5.50. The van der Waals surface area contributed by atoms with E-state index in [2.05, 4.69) is 6.92 Å². The van der Waals surface area contributed by atoms with Gasteiger partial charge in [-0.2, -0.15) is 0 Å². The molecule has 0 amide bonds. The zero-order valence-corrected chi connectivity index (χ0v) is 21.2. The van der Waals surface area contributed by atoms with Crippen molar-refractivity contribution in [1.29, 1.82) is 0 Å². The predicted octanol–water partition coefficient (Wildman–Crippen LogP) is 0.902. The van der Waals surface area contributed by atoms with Crippen LogP contribution in [0.5, 0.6) is 0 Å². The van der Waals surface area contributed by atoms with E-state index in [9.17, 15) is 18.9 Å². The molecule has 0 aliphatic carbocycles. The van der Waals surface area contributed by atoms with Crippen molar-refractivity contribution in [3.8, 4) is 0 Å². The van der Waals surface area contributed by atoms with Gasteiger partial charge in [-0.05, 0) is 6.42 Å². The Morgan fingerprint density at radius 2 is 1.29 bits per heavy atom. The Kier molecular flexibility index (Phi) is 23.6. The van der Waals surface area contributed by atoms with Crippen molar-refractivity contribution < 1.29 is 53.2 Å². The van der Waals surface area contributed by atoms with Crippen molar-refractivity contribution in [3.05, 3.63) is 0 Å². The molecule has 0 N–H and O–H groups in total. The molecule has 0 aromatic heterocycles. The molecule has 0 aliphatic rings. The quantitative estimate of drug-likeness (QED) is 0.174. The summed E-state index contributed by atoms with van der Waals surface area (Å²) in [6.07, 6.45) is 16.4. The Hall–Kier alpha value is 0.0900. The van der Waals surface area contributed by atoms with Gasteiger partial charge in [0.2, 0.25) is 0 Å². The van der Waals surface area contributed by atoms with Crippen molar-refractivity contribution in [1.82, 2.24) is 0 Å². The topological polar surface area (TPSA) is 83.5 Å². The fourth-order valence-electron chi connectivity index (χ4n) is 3.00. The molecule has 0 saturated carbocycles. The first-order valence-electron chi connectivity index (χ1n) is 10.7. The molecule has 7 heteroatoms. The summed E-state index contributed by atoms with van der Waals surface area (Å²) >= 11 is 0. The summed E-state index contributed by atoms with van der Waals surface area (Å²) in [6, 6.07) is 0. The molecule has 2 unspecified atom stereocenters. The molecule has 0 aromatic carbocycles. The molecule has 28 heavy (non-hydrogen) atoms. The van der Waals surface area contributed by atoms with Crippen LogP contribution >= 0.6 is 0 Å². The minimum Gasteiger partial charge on any atom is -0.546 e. The number of carbonyl (C=O) groups is 2. The SMILES string of the molecule is CCCCCCCCCCCCCCCC(=O)OC(CCS(C)=O)C(=O)[O-].[Na+]. The zero-order valence-electron chi connectivity index (χ0n) is 18.3. The normalized spacial score (nSPS) is 12.8. The summed E-state index contributed by atoms with van der Waals surface area (Å²) in [7, 11) is -1.11. The Labute approximate surface area is 196 Å². The number of rotatable bonds is 19. The van der Waals surface area contributed by atoms with E-state index < -0.39 is 28.8 Å². The molecule has 0 fully saturated rings. The van der Waals surface area contributed by atoms with Gasteiger partial charge in [0, 0.05) is 35.6 Å². The summed E-state index contributed by atoms with van der Waals surface area (Å²) in [4.78, 5) is 22.7. The molecule has 160 valence electrons. The third-order valence-electron chi connectivity index (χ3n) is 4.69. The van der Waals surface area contributed by atoms with Gasteiger partial charge in [-0.1, -0.05) is 84.0 Å². The number of hydrogen-bond donors (Lipinski definition) is 0. The van der Waals surface area contributed by atoms with Gasteiger partial charge in [0.15, 0.2) is 0 Å². The average Bonchev–Trinajstić information content (AvgIpc) is 2.62. The van der Waals surface area contributed by atoms with Gasteiger partial charge < -0.3 is 14.6 Å². The van der Waals surface area contributed by atoms with E-state index in [-0.39, 0.29) is 48.2 Å². The average molecular weight is 427 g/mol. The molecule has 0 rings (SSSR count). The maximum Gasteiger partial charge on any atom is 1.00 e. The fourth-order valence-corrected chi connectivity index (χ4v) is 3.55. The van der Waals surface area contributed by atoms with Crippen LogP contribution in [0.4, 0.5) is 0 Å². The Morgan fingerprint density at radius 3 is 1.68 bits per heavy atom. The standard InChI is InChI=1S/C21H40O5S.Na/c1-3-4-5-6-7-8-9-10-11-12-13-14-15-16-20(22)26-19(21(23)24)17-18-27(2)25;/h19H,3-18H2,1-2H3,(H,23,24);/q;+1/p-1. The summed E-state index contributed by atoms with van der Waals surface area (Å²) in [5.41, 5.74) is 0. The number of ether oxygens (including phenoxy) is 1. The Bertz CT molecular complexity index is 418. The van der Waals surface area contributed by atoms with Crippen LogP contribution in [0.1, 0.15) is 103 Å². The van der Waals surface area contributed by atoms with Gasteiger partial charge in [0.05, 0.1) is 5.97 Å². The number of esters is 1. The first-order chi connectivity index (χ1) is 13.0. The number of aliphatic carboxylic acids is 1. The molecule has 0 spiro atoms. The van der Waals surface area contributed by atoms with Crippen LogP contribution in [-0.2, 0) is 25.1 Å². The van der Waals surface area contributed by atoms with E-state index in [4.69, 9.17) is 4.74 Å². The molecular weight excluding hydrogens is 387 g/mol. The predicted molar refractivity (Wildman–Crippen MR) is 109 cm³/mol. The van der Waals surface area contributed by atoms with Crippen molar-refractivity contribution in [2.45, 2.75) is 109 Å². The van der Waals surface area contributed by atoms with Crippen LogP contribution < -0.4 is 34.7 Å². The summed E-state index contributed by atoms with van der Waals surface area (Å²) in [6.45, 7) is 2.24. The second kappa shape index (κ2) is 21.8. The van der Waals surface area contributed by atoms with E-state index in [0.29, 0.717) is 0 Å². The molecule has 0 radical (unpaired) electrons. The summed E-state index contributed by atoms with van der Waals surface area (Å²) in [5.74, 6) is -1.74. The third kappa shape index (κ3) is 20.8. The molecule has 2 atom stereocenters. The first-order valence-corrected chi connectivity index (χ1v) is 12.4. The van der Waals surface area contributed by atoms with Gasteiger partial charge in [-0.3, -0.25) is 9.00 Å². The minimum atomic E-state index is -1.42. The largest absolute Gasteiger partial charge is 1.00 e. The number of unbranched alkanes of at least 4 members (excludes halogenated alkanes) is 12. The van der Waals surface area contributed by atoms with Crippen LogP contribution in [0.25, 0.3) is 0 Å². The smallest absolute Gasteiger partial charge is 0.546 e. The van der Waals surface area contributed by atoms with Crippen molar-refractivity contribution in [2.75, 3.05) is 12.0 Å². The van der Waals surface area contributed by atoms with E-state index >= 15 is 0 Å². The van der Waals surface area contributed by atoms with Gasteiger partial charge in [-0.15, -0.1) is 0 Å². The molecule has 0 saturated heterocycles. The number of carbonyl (C=O) groups excluding carboxylic acids is 2. The summed E-state index contributed by atoms with van der Waals surface area (Å²) in [5, 5.41) is 10.9. The van der Waals surface area contributed by atoms with E-state index in [0.717, 1.165) is 19.3 Å². The van der Waals surface area contributed by atoms with Gasteiger partial charge >= 0.3 is 35.5 Å². The number of carboxylic acid groups (broad SMARTS) is 1. The molecule has 0 heterocycles. The van der Waals surface area contributed by atoms with E-state index in [1.165, 1.54) is 70.5 Å². The maximum absolute atomic E-state index is 11.7.